The van der Waals surface area contributed by atoms with Gasteiger partial charge < -0.3 is 0 Å². The van der Waals surface area contributed by atoms with E-state index in [0.717, 1.165) is 61.6 Å². The van der Waals surface area contributed by atoms with Gasteiger partial charge in [-0.3, -0.25) is 4.98 Å². The molecule has 1 aliphatic rings. The fraction of sp³-hybridized carbons (Fsp3) is 0.0545. The van der Waals surface area contributed by atoms with E-state index in [-0.39, 0.29) is 5.41 Å². The fourth-order valence-electron chi connectivity index (χ4n) is 8.39. The summed E-state index contributed by atoms with van der Waals surface area (Å²) in [4.78, 5) is 14.9. The van der Waals surface area contributed by atoms with Crippen molar-refractivity contribution in [1.82, 2.24) is 15.0 Å². The number of nitrogens with zero attached hydrogens (tertiary/aromatic N) is 4. The average molecular weight is 755 g/mol. The van der Waals surface area contributed by atoms with Crippen molar-refractivity contribution in [3.8, 4) is 95.7 Å². The summed E-state index contributed by atoms with van der Waals surface area (Å²) in [6.07, 6.45) is 1.85. The molecule has 278 valence electrons. The van der Waals surface area contributed by atoms with Gasteiger partial charge >= 0.3 is 0 Å². The van der Waals surface area contributed by atoms with Crippen molar-refractivity contribution >= 4 is 0 Å². The van der Waals surface area contributed by atoms with Crippen LogP contribution in [-0.4, -0.2) is 15.0 Å². The van der Waals surface area contributed by atoms with Crippen molar-refractivity contribution in [3.63, 3.8) is 0 Å². The smallest absolute Gasteiger partial charge is 0.160 e. The van der Waals surface area contributed by atoms with Crippen molar-refractivity contribution < 1.29 is 0 Å². The fourth-order valence-corrected chi connectivity index (χ4v) is 8.39. The third kappa shape index (κ3) is 6.69. The standard InChI is InChI=1S/C55H38N4/c1-55(2)49-29-36(35-56)16-26-47(49)48-27-25-43(33-50(48)55)45-30-44(31-46(32-45)51-15-9-10-28-57-51)39-19-23-41(24-20-39)53-34-52(58-54(59-53)42-13-7-4-8-14-42)40-21-17-38(18-22-40)37-11-5-3-6-12-37/h3-34H,1-2H3. The van der Waals surface area contributed by atoms with Crippen LogP contribution in [0.3, 0.4) is 0 Å². The van der Waals surface area contributed by atoms with Gasteiger partial charge in [-0.25, -0.2) is 9.97 Å². The summed E-state index contributed by atoms with van der Waals surface area (Å²) in [5.41, 5.74) is 18.9. The molecule has 7 aromatic carbocycles. The Kier molecular flexibility index (Phi) is 8.85. The Morgan fingerprint density at radius 1 is 0.390 bits per heavy atom. The maximum Gasteiger partial charge on any atom is 0.160 e. The van der Waals surface area contributed by atoms with E-state index in [9.17, 15) is 5.26 Å². The molecule has 2 aromatic heterocycles. The quantitative estimate of drug-likeness (QED) is 0.163. The number of fused-ring (bicyclic) bond motifs is 3. The van der Waals surface area contributed by atoms with Crippen LogP contribution in [0.5, 0.6) is 0 Å². The lowest BCUT2D eigenvalue weighted by atomic mass is 9.81. The van der Waals surface area contributed by atoms with Crippen molar-refractivity contribution in [3.05, 3.63) is 211 Å². The molecule has 0 N–H and O–H groups in total. The molecule has 0 spiro atoms. The summed E-state index contributed by atoms with van der Waals surface area (Å²) in [6, 6.07) is 68.0. The van der Waals surface area contributed by atoms with E-state index >= 15 is 0 Å². The molecule has 0 fully saturated rings. The molecule has 0 saturated heterocycles. The Morgan fingerprint density at radius 3 is 1.49 bits per heavy atom. The van der Waals surface area contributed by atoms with Crippen LogP contribution >= 0.6 is 0 Å². The van der Waals surface area contributed by atoms with Gasteiger partial charge in [-0.05, 0) is 110 Å². The molecule has 0 amide bonds. The summed E-state index contributed by atoms with van der Waals surface area (Å²) >= 11 is 0. The first-order valence-corrected chi connectivity index (χ1v) is 19.9. The Morgan fingerprint density at radius 2 is 0.881 bits per heavy atom. The summed E-state index contributed by atoms with van der Waals surface area (Å²) in [7, 11) is 0. The van der Waals surface area contributed by atoms with E-state index in [1.807, 2.05) is 54.7 Å². The van der Waals surface area contributed by atoms with Crippen molar-refractivity contribution in [2.75, 3.05) is 0 Å². The molecule has 1 aliphatic carbocycles. The number of nitriles is 1. The number of rotatable bonds is 7. The van der Waals surface area contributed by atoms with Gasteiger partial charge in [0.15, 0.2) is 5.82 Å². The topological polar surface area (TPSA) is 62.5 Å². The average Bonchev–Trinajstić information content (AvgIpc) is 3.54. The number of pyridine rings is 1. The summed E-state index contributed by atoms with van der Waals surface area (Å²) in [5.74, 6) is 0.688. The molecule has 9 aromatic rings. The zero-order chi connectivity index (χ0) is 39.9. The second-order valence-corrected chi connectivity index (χ2v) is 15.6. The second-order valence-electron chi connectivity index (χ2n) is 15.6. The van der Waals surface area contributed by atoms with Crippen LogP contribution in [0, 0.1) is 11.3 Å². The van der Waals surface area contributed by atoms with Crippen molar-refractivity contribution in [2.24, 2.45) is 0 Å². The normalized spacial score (nSPS) is 12.4. The number of hydrogen-bond donors (Lipinski definition) is 0. The summed E-state index contributed by atoms with van der Waals surface area (Å²) in [6.45, 7) is 4.51. The third-order valence-electron chi connectivity index (χ3n) is 11.6. The highest BCUT2D eigenvalue weighted by atomic mass is 14.9. The molecular formula is C55H38N4. The van der Waals surface area contributed by atoms with Crippen LogP contribution < -0.4 is 0 Å². The Balaban J connectivity index is 1.03. The van der Waals surface area contributed by atoms with Gasteiger partial charge in [0.1, 0.15) is 0 Å². The van der Waals surface area contributed by atoms with Gasteiger partial charge in [0.25, 0.3) is 0 Å². The van der Waals surface area contributed by atoms with Gasteiger partial charge in [-0.1, -0.05) is 147 Å². The highest BCUT2D eigenvalue weighted by Crippen LogP contribution is 2.50. The lowest BCUT2D eigenvalue weighted by molar-refractivity contribution is 0.660. The highest BCUT2D eigenvalue weighted by Gasteiger charge is 2.36. The van der Waals surface area contributed by atoms with Crippen molar-refractivity contribution in [1.29, 1.82) is 5.26 Å². The minimum Gasteiger partial charge on any atom is -0.256 e. The minimum atomic E-state index is -0.238. The second kappa shape index (κ2) is 14.6. The molecule has 0 saturated carbocycles. The number of aromatic nitrogens is 3. The van der Waals surface area contributed by atoms with Crippen LogP contribution in [0.1, 0.15) is 30.5 Å². The number of benzene rings is 7. The zero-order valence-electron chi connectivity index (χ0n) is 32.8. The molecule has 59 heavy (non-hydrogen) atoms. The molecule has 0 aliphatic heterocycles. The Labute approximate surface area is 344 Å². The predicted octanol–water partition coefficient (Wildman–Crippen LogP) is 13.7. The maximum atomic E-state index is 9.65. The molecule has 10 rings (SSSR count). The van der Waals surface area contributed by atoms with E-state index in [2.05, 4.69) is 159 Å². The summed E-state index contributed by atoms with van der Waals surface area (Å²) < 4.78 is 0. The number of hydrogen-bond acceptors (Lipinski definition) is 4. The van der Waals surface area contributed by atoms with Gasteiger partial charge in [-0.2, -0.15) is 5.26 Å². The Hall–Kier alpha value is -7.74. The Bertz CT molecular complexity index is 3040. The first kappa shape index (κ1) is 35.7. The maximum absolute atomic E-state index is 9.65. The van der Waals surface area contributed by atoms with Gasteiger partial charge in [0, 0.05) is 33.9 Å². The predicted molar refractivity (Wildman–Crippen MR) is 240 cm³/mol. The first-order valence-electron chi connectivity index (χ1n) is 19.9. The SMILES string of the molecule is CC1(C)c2cc(C#N)ccc2-c2ccc(-c3cc(-c4ccc(-c5cc(-c6ccc(-c7ccccc7)cc6)nc(-c6ccccc6)n5)cc4)cc(-c4ccccn4)c3)cc21. The zero-order valence-corrected chi connectivity index (χ0v) is 32.8. The van der Waals surface area contributed by atoms with E-state index in [1.54, 1.807) is 0 Å². The van der Waals surface area contributed by atoms with E-state index < -0.39 is 0 Å². The monoisotopic (exact) mass is 754 g/mol. The first-order chi connectivity index (χ1) is 28.9. The molecule has 4 heteroatoms. The molecule has 0 bridgehead atoms. The molecule has 0 atom stereocenters. The highest BCUT2D eigenvalue weighted by molar-refractivity contribution is 5.87. The van der Waals surface area contributed by atoms with Crippen LogP contribution in [0.25, 0.3) is 89.7 Å². The van der Waals surface area contributed by atoms with E-state index in [1.165, 1.54) is 33.4 Å². The molecule has 0 radical (unpaired) electrons. The lowest BCUT2D eigenvalue weighted by Crippen LogP contribution is -2.15. The largest absolute Gasteiger partial charge is 0.256 e. The van der Waals surface area contributed by atoms with Crippen LogP contribution in [0.2, 0.25) is 0 Å². The van der Waals surface area contributed by atoms with E-state index in [4.69, 9.17) is 15.0 Å². The minimum absolute atomic E-state index is 0.238. The van der Waals surface area contributed by atoms with E-state index in [0.29, 0.717) is 11.4 Å². The summed E-state index contributed by atoms with van der Waals surface area (Å²) in [5, 5.41) is 9.65. The van der Waals surface area contributed by atoms with Gasteiger partial charge in [0.2, 0.25) is 0 Å². The molecule has 4 nitrogen and oxygen atoms in total. The molecule has 0 unspecified atom stereocenters. The molecule has 2 heterocycles. The van der Waals surface area contributed by atoms with Crippen molar-refractivity contribution in [2.45, 2.75) is 19.3 Å². The lowest BCUT2D eigenvalue weighted by Gasteiger charge is -2.22. The third-order valence-corrected chi connectivity index (χ3v) is 11.6. The van der Waals surface area contributed by atoms with Crippen LogP contribution in [0.15, 0.2) is 194 Å². The molecular weight excluding hydrogens is 717 g/mol. The van der Waals surface area contributed by atoms with Crippen LogP contribution in [0.4, 0.5) is 0 Å². The van der Waals surface area contributed by atoms with Crippen LogP contribution in [-0.2, 0) is 5.41 Å². The van der Waals surface area contributed by atoms with Gasteiger partial charge in [-0.15, -0.1) is 0 Å². The van der Waals surface area contributed by atoms with Gasteiger partial charge in [0.05, 0.1) is 28.7 Å².